The third-order valence-electron chi connectivity index (χ3n) is 4.19. The molecule has 1 aromatic rings. The van der Waals surface area contributed by atoms with Crippen molar-refractivity contribution in [2.75, 3.05) is 38.1 Å². The Kier molecular flexibility index (Phi) is 4.39. The molecule has 1 fully saturated rings. The van der Waals surface area contributed by atoms with Crippen LogP contribution in [-0.2, 0) is 13.6 Å². The first kappa shape index (κ1) is 15.3. The van der Waals surface area contributed by atoms with E-state index in [4.69, 9.17) is 0 Å². The Morgan fingerprint density at radius 3 is 2.25 bits per heavy atom. The molecule has 2 rings (SSSR count). The Balaban J connectivity index is 2.15. The quantitative estimate of drug-likeness (QED) is 0.906. The van der Waals surface area contributed by atoms with Gasteiger partial charge < -0.3 is 10.2 Å². The molecule has 20 heavy (non-hydrogen) atoms. The van der Waals surface area contributed by atoms with E-state index in [0.29, 0.717) is 0 Å². The van der Waals surface area contributed by atoms with Gasteiger partial charge in [0.05, 0.1) is 5.69 Å². The number of aromatic nitrogens is 2. The first-order valence-electron chi connectivity index (χ1n) is 7.51. The zero-order valence-electron chi connectivity index (χ0n) is 13.8. The van der Waals surface area contributed by atoms with Gasteiger partial charge in [0.2, 0.25) is 0 Å². The molecule has 1 aliphatic rings. The van der Waals surface area contributed by atoms with Gasteiger partial charge in [0, 0.05) is 50.9 Å². The molecule has 1 N–H and O–H groups in total. The predicted octanol–water partition coefficient (Wildman–Crippen LogP) is 1.37. The number of rotatable bonds is 3. The molecule has 114 valence electrons. The van der Waals surface area contributed by atoms with Crippen LogP contribution in [0.1, 0.15) is 32.0 Å². The molecule has 0 saturated carbocycles. The van der Waals surface area contributed by atoms with Gasteiger partial charge >= 0.3 is 0 Å². The highest BCUT2D eigenvalue weighted by atomic mass is 15.4. The number of anilines is 1. The summed E-state index contributed by atoms with van der Waals surface area (Å²) in [6.07, 6.45) is 0. The molecular weight excluding hydrogens is 250 g/mol. The average Bonchev–Trinajstić information content (AvgIpc) is 2.64. The van der Waals surface area contributed by atoms with E-state index in [1.54, 1.807) is 0 Å². The van der Waals surface area contributed by atoms with Gasteiger partial charge in [-0.15, -0.1) is 0 Å². The van der Waals surface area contributed by atoms with Crippen LogP contribution in [0.15, 0.2) is 0 Å². The molecule has 0 aliphatic carbocycles. The third-order valence-corrected chi connectivity index (χ3v) is 4.19. The molecule has 1 aromatic heterocycles. The zero-order chi connectivity index (χ0) is 14.9. The van der Waals surface area contributed by atoms with E-state index in [1.807, 2.05) is 11.7 Å². The van der Waals surface area contributed by atoms with Crippen molar-refractivity contribution < 1.29 is 0 Å². The molecule has 1 aliphatic heterocycles. The molecule has 0 amide bonds. The van der Waals surface area contributed by atoms with Crippen LogP contribution in [-0.4, -0.2) is 53.4 Å². The van der Waals surface area contributed by atoms with Gasteiger partial charge in [0.1, 0.15) is 5.82 Å². The van der Waals surface area contributed by atoms with Crippen molar-refractivity contribution in [1.82, 2.24) is 20.0 Å². The van der Waals surface area contributed by atoms with Crippen LogP contribution in [0, 0.1) is 6.92 Å². The Bertz CT molecular complexity index is 450. The van der Waals surface area contributed by atoms with Gasteiger partial charge in [-0.1, -0.05) is 0 Å². The molecule has 0 radical (unpaired) electrons. The van der Waals surface area contributed by atoms with Crippen molar-refractivity contribution in [2.24, 2.45) is 7.05 Å². The summed E-state index contributed by atoms with van der Waals surface area (Å²) in [5.74, 6) is 1.28. The SMILES string of the molecule is CNCc1c(C)nn(C)c1N1CCN(C(C)(C)C)CC1. The lowest BCUT2D eigenvalue weighted by atomic mass is 10.0. The highest BCUT2D eigenvalue weighted by Crippen LogP contribution is 2.25. The maximum atomic E-state index is 4.59. The summed E-state index contributed by atoms with van der Waals surface area (Å²) in [6.45, 7) is 14.3. The summed E-state index contributed by atoms with van der Waals surface area (Å²) in [7, 11) is 4.05. The fourth-order valence-electron chi connectivity index (χ4n) is 3.06. The zero-order valence-corrected chi connectivity index (χ0v) is 13.8. The molecule has 5 heteroatoms. The van der Waals surface area contributed by atoms with E-state index >= 15 is 0 Å². The van der Waals surface area contributed by atoms with E-state index in [-0.39, 0.29) is 5.54 Å². The van der Waals surface area contributed by atoms with Gasteiger partial charge in [-0.2, -0.15) is 5.10 Å². The fraction of sp³-hybridized carbons (Fsp3) is 0.800. The molecule has 0 bridgehead atoms. The lowest BCUT2D eigenvalue weighted by molar-refractivity contribution is 0.128. The maximum Gasteiger partial charge on any atom is 0.131 e. The van der Waals surface area contributed by atoms with Crippen LogP contribution in [0.4, 0.5) is 5.82 Å². The van der Waals surface area contributed by atoms with Crippen molar-refractivity contribution in [2.45, 2.75) is 39.8 Å². The van der Waals surface area contributed by atoms with Gasteiger partial charge in [-0.05, 0) is 34.7 Å². The topological polar surface area (TPSA) is 36.3 Å². The molecule has 0 atom stereocenters. The molecule has 5 nitrogen and oxygen atoms in total. The van der Waals surface area contributed by atoms with E-state index in [2.05, 4.69) is 55.0 Å². The van der Waals surface area contributed by atoms with E-state index < -0.39 is 0 Å². The Hall–Kier alpha value is -1.07. The van der Waals surface area contributed by atoms with Gasteiger partial charge in [-0.3, -0.25) is 9.58 Å². The van der Waals surface area contributed by atoms with Gasteiger partial charge in [0.15, 0.2) is 0 Å². The van der Waals surface area contributed by atoms with Crippen LogP contribution >= 0.6 is 0 Å². The Morgan fingerprint density at radius 2 is 1.75 bits per heavy atom. The second-order valence-corrected chi connectivity index (χ2v) is 6.69. The van der Waals surface area contributed by atoms with Gasteiger partial charge in [-0.25, -0.2) is 0 Å². The number of piperazine rings is 1. The van der Waals surface area contributed by atoms with Crippen molar-refractivity contribution in [3.05, 3.63) is 11.3 Å². The highest BCUT2D eigenvalue weighted by Gasteiger charge is 2.28. The van der Waals surface area contributed by atoms with E-state index in [9.17, 15) is 0 Å². The minimum absolute atomic E-state index is 0.266. The standard InChI is InChI=1S/C15H29N5/c1-12-13(11-16-5)14(18(6)17-12)19-7-9-20(10-8-19)15(2,3)4/h16H,7-11H2,1-6H3. The monoisotopic (exact) mass is 279 g/mol. The summed E-state index contributed by atoms with van der Waals surface area (Å²) in [6, 6.07) is 0. The van der Waals surface area contributed by atoms with Crippen LogP contribution in [0.2, 0.25) is 0 Å². The predicted molar refractivity (Wildman–Crippen MR) is 84.2 cm³/mol. The number of nitrogens with zero attached hydrogens (tertiary/aromatic N) is 4. The van der Waals surface area contributed by atoms with Crippen molar-refractivity contribution in [3.63, 3.8) is 0 Å². The maximum absolute atomic E-state index is 4.59. The fourth-order valence-corrected chi connectivity index (χ4v) is 3.06. The Morgan fingerprint density at radius 1 is 1.15 bits per heavy atom. The second-order valence-electron chi connectivity index (χ2n) is 6.69. The lowest BCUT2D eigenvalue weighted by Gasteiger charge is -2.43. The Labute approximate surface area is 122 Å². The molecule has 0 spiro atoms. The normalized spacial score (nSPS) is 17.8. The van der Waals surface area contributed by atoms with Crippen LogP contribution in [0.25, 0.3) is 0 Å². The second kappa shape index (κ2) is 5.74. The smallest absolute Gasteiger partial charge is 0.131 e. The van der Waals surface area contributed by atoms with Gasteiger partial charge in [0.25, 0.3) is 0 Å². The summed E-state index contributed by atoms with van der Waals surface area (Å²) in [5, 5.41) is 7.85. The largest absolute Gasteiger partial charge is 0.354 e. The summed E-state index contributed by atoms with van der Waals surface area (Å²) in [5.41, 5.74) is 2.73. The number of aryl methyl sites for hydroxylation is 2. The van der Waals surface area contributed by atoms with Crippen molar-refractivity contribution in [1.29, 1.82) is 0 Å². The number of hydrogen-bond acceptors (Lipinski definition) is 4. The lowest BCUT2D eigenvalue weighted by Crippen LogP contribution is -2.54. The summed E-state index contributed by atoms with van der Waals surface area (Å²) < 4.78 is 2.04. The number of nitrogens with one attached hydrogen (secondary N) is 1. The van der Waals surface area contributed by atoms with Crippen LogP contribution in [0.3, 0.4) is 0 Å². The van der Waals surface area contributed by atoms with E-state index in [1.165, 1.54) is 11.4 Å². The van der Waals surface area contributed by atoms with E-state index in [0.717, 1.165) is 38.4 Å². The third kappa shape index (κ3) is 2.99. The van der Waals surface area contributed by atoms with Crippen LogP contribution < -0.4 is 10.2 Å². The summed E-state index contributed by atoms with van der Waals surface area (Å²) in [4.78, 5) is 5.04. The van der Waals surface area contributed by atoms with Crippen molar-refractivity contribution in [3.8, 4) is 0 Å². The molecule has 0 unspecified atom stereocenters. The molecular formula is C15H29N5. The molecule has 1 saturated heterocycles. The summed E-state index contributed by atoms with van der Waals surface area (Å²) >= 11 is 0. The minimum atomic E-state index is 0.266. The highest BCUT2D eigenvalue weighted by molar-refractivity contribution is 5.50. The number of hydrogen-bond donors (Lipinski definition) is 1. The van der Waals surface area contributed by atoms with Crippen LogP contribution in [0.5, 0.6) is 0 Å². The first-order chi connectivity index (χ1) is 9.34. The first-order valence-corrected chi connectivity index (χ1v) is 7.51. The van der Waals surface area contributed by atoms with Crippen molar-refractivity contribution >= 4 is 5.82 Å². The molecule has 2 heterocycles. The average molecular weight is 279 g/mol. The minimum Gasteiger partial charge on any atom is -0.354 e. The molecule has 0 aromatic carbocycles.